The van der Waals surface area contributed by atoms with Crippen LogP contribution in [0.4, 0.5) is 5.69 Å². The molecule has 0 saturated carbocycles. The molecule has 19 heavy (non-hydrogen) atoms. The van der Waals surface area contributed by atoms with Gasteiger partial charge in [-0.2, -0.15) is 0 Å². The second-order valence-corrected chi connectivity index (χ2v) is 5.34. The van der Waals surface area contributed by atoms with Gasteiger partial charge in [0.1, 0.15) is 5.15 Å². The molecule has 0 aliphatic carbocycles. The number of aromatic nitrogens is 1. The smallest absolute Gasteiger partial charge is 0.257 e. The summed E-state index contributed by atoms with van der Waals surface area (Å²) in [5.74, 6) is 0.118. The molecule has 1 aromatic heterocycles. The minimum Gasteiger partial charge on any atom is -0.397 e. The summed E-state index contributed by atoms with van der Waals surface area (Å²) < 4.78 is 0. The number of carbonyl (C=O) groups is 1. The highest BCUT2D eigenvalue weighted by Gasteiger charge is 2.27. The molecule has 1 saturated heterocycles. The molecule has 1 unspecified atom stereocenters. The number of pyridine rings is 1. The van der Waals surface area contributed by atoms with Gasteiger partial charge >= 0.3 is 0 Å². The van der Waals surface area contributed by atoms with Crippen molar-refractivity contribution in [2.24, 2.45) is 5.92 Å². The molecule has 1 aliphatic heterocycles. The molecular weight excluding hydrogens is 266 g/mol. The topological polar surface area (TPSA) is 79.5 Å². The fourth-order valence-electron chi connectivity index (χ4n) is 2.37. The number of nitrogen functional groups attached to an aromatic ring is 1. The van der Waals surface area contributed by atoms with Crippen LogP contribution < -0.4 is 5.73 Å². The lowest BCUT2D eigenvalue weighted by molar-refractivity contribution is 0.0521. The molecule has 2 rings (SSSR count). The van der Waals surface area contributed by atoms with E-state index in [1.165, 1.54) is 6.20 Å². The summed E-state index contributed by atoms with van der Waals surface area (Å²) in [6, 6.07) is 1.55. The molecule has 6 heteroatoms. The second kappa shape index (κ2) is 5.75. The molecule has 104 valence electrons. The molecule has 0 bridgehead atoms. The van der Waals surface area contributed by atoms with E-state index in [1.54, 1.807) is 17.9 Å². The van der Waals surface area contributed by atoms with Crippen molar-refractivity contribution in [2.75, 3.05) is 18.8 Å². The van der Waals surface area contributed by atoms with E-state index >= 15 is 0 Å². The molecule has 2 heterocycles. The number of amides is 1. The zero-order valence-corrected chi connectivity index (χ0v) is 11.6. The van der Waals surface area contributed by atoms with E-state index in [9.17, 15) is 9.90 Å². The van der Waals surface area contributed by atoms with Gasteiger partial charge in [0, 0.05) is 13.1 Å². The number of nitrogens with zero attached hydrogens (tertiary/aromatic N) is 2. The van der Waals surface area contributed by atoms with Crippen LogP contribution in [0, 0.1) is 5.92 Å². The number of aliphatic hydroxyl groups is 1. The number of hydrogen-bond acceptors (Lipinski definition) is 4. The van der Waals surface area contributed by atoms with E-state index < -0.39 is 0 Å². The average molecular weight is 284 g/mol. The van der Waals surface area contributed by atoms with Gasteiger partial charge in [-0.1, -0.05) is 11.6 Å². The Bertz CT molecular complexity index is 471. The van der Waals surface area contributed by atoms with Crippen molar-refractivity contribution in [3.05, 3.63) is 23.0 Å². The van der Waals surface area contributed by atoms with E-state index in [1.807, 2.05) is 0 Å². The van der Waals surface area contributed by atoms with Crippen LogP contribution in [-0.4, -0.2) is 40.1 Å². The molecule has 3 N–H and O–H groups in total. The fraction of sp³-hybridized carbons (Fsp3) is 0.538. The summed E-state index contributed by atoms with van der Waals surface area (Å²) in [6.45, 7) is 3.04. The maximum atomic E-state index is 12.3. The third-order valence-electron chi connectivity index (χ3n) is 3.60. The van der Waals surface area contributed by atoms with E-state index in [0.29, 0.717) is 24.3 Å². The van der Waals surface area contributed by atoms with E-state index in [-0.39, 0.29) is 23.1 Å². The molecule has 1 amide bonds. The van der Waals surface area contributed by atoms with Gasteiger partial charge in [0.05, 0.1) is 23.6 Å². The van der Waals surface area contributed by atoms with Crippen molar-refractivity contribution >= 4 is 23.2 Å². The molecular formula is C13H18ClN3O2. The summed E-state index contributed by atoms with van der Waals surface area (Å²) in [4.78, 5) is 18.0. The number of aliphatic hydroxyl groups excluding tert-OH is 1. The Morgan fingerprint density at radius 3 is 2.79 bits per heavy atom. The van der Waals surface area contributed by atoms with Gasteiger partial charge in [-0.15, -0.1) is 0 Å². The first-order chi connectivity index (χ1) is 8.99. The Kier molecular flexibility index (Phi) is 4.27. The lowest BCUT2D eigenvalue weighted by atomic mass is 9.92. The predicted octanol–water partition coefficient (Wildman–Crippen LogP) is 1.55. The van der Waals surface area contributed by atoms with E-state index in [2.05, 4.69) is 4.98 Å². The number of carbonyl (C=O) groups excluding carboxylic acids is 1. The molecule has 1 fully saturated rings. The number of likely N-dealkylation sites (tertiary alicyclic amines) is 1. The van der Waals surface area contributed by atoms with Crippen LogP contribution in [0.25, 0.3) is 0 Å². The normalized spacial score (nSPS) is 18.4. The van der Waals surface area contributed by atoms with Gasteiger partial charge in [-0.3, -0.25) is 4.79 Å². The second-order valence-electron chi connectivity index (χ2n) is 4.98. The highest BCUT2D eigenvalue weighted by molar-refractivity contribution is 6.32. The lowest BCUT2D eigenvalue weighted by Gasteiger charge is -2.33. The molecule has 0 radical (unpaired) electrons. The number of nitrogens with two attached hydrogens (primary N) is 1. The summed E-state index contributed by atoms with van der Waals surface area (Å²) in [6.07, 6.45) is 2.71. The Morgan fingerprint density at radius 2 is 2.21 bits per heavy atom. The van der Waals surface area contributed by atoms with Crippen molar-refractivity contribution in [1.29, 1.82) is 0 Å². The Hall–Kier alpha value is -1.33. The third-order valence-corrected chi connectivity index (χ3v) is 3.90. The summed E-state index contributed by atoms with van der Waals surface area (Å²) >= 11 is 5.94. The van der Waals surface area contributed by atoms with Crippen LogP contribution in [0.2, 0.25) is 5.15 Å². The summed E-state index contributed by atoms with van der Waals surface area (Å²) in [5.41, 5.74) is 6.40. The van der Waals surface area contributed by atoms with E-state index in [0.717, 1.165) is 12.8 Å². The molecule has 1 aromatic rings. The van der Waals surface area contributed by atoms with Crippen LogP contribution >= 0.6 is 11.6 Å². The molecule has 1 atom stereocenters. The van der Waals surface area contributed by atoms with Crippen LogP contribution in [0.1, 0.15) is 30.1 Å². The van der Waals surface area contributed by atoms with E-state index in [4.69, 9.17) is 17.3 Å². The van der Waals surface area contributed by atoms with Gasteiger partial charge < -0.3 is 15.7 Å². The lowest BCUT2D eigenvalue weighted by Crippen LogP contribution is -2.40. The summed E-state index contributed by atoms with van der Waals surface area (Å²) in [7, 11) is 0. The first-order valence-corrected chi connectivity index (χ1v) is 6.75. The van der Waals surface area contributed by atoms with Gasteiger partial charge in [0.25, 0.3) is 5.91 Å². The number of anilines is 1. The molecule has 0 spiro atoms. The number of rotatable bonds is 2. The fourth-order valence-corrected chi connectivity index (χ4v) is 2.55. The highest BCUT2D eigenvalue weighted by Crippen LogP contribution is 2.24. The number of piperidine rings is 1. The van der Waals surface area contributed by atoms with Crippen LogP contribution in [0.5, 0.6) is 0 Å². The van der Waals surface area contributed by atoms with Gasteiger partial charge in [0.15, 0.2) is 0 Å². The Balaban J connectivity index is 2.07. The van der Waals surface area contributed by atoms with Crippen LogP contribution in [0.3, 0.4) is 0 Å². The van der Waals surface area contributed by atoms with Gasteiger partial charge in [-0.25, -0.2) is 4.98 Å². The minimum atomic E-state index is -0.324. The molecule has 1 aliphatic rings. The largest absolute Gasteiger partial charge is 0.397 e. The highest BCUT2D eigenvalue weighted by atomic mass is 35.5. The van der Waals surface area contributed by atoms with Crippen molar-refractivity contribution in [2.45, 2.75) is 25.9 Å². The average Bonchev–Trinajstić information content (AvgIpc) is 2.41. The van der Waals surface area contributed by atoms with Gasteiger partial charge in [-0.05, 0) is 31.7 Å². The van der Waals surface area contributed by atoms with Crippen LogP contribution in [0.15, 0.2) is 12.3 Å². The zero-order valence-electron chi connectivity index (χ0n) is 10.8. The molecule has 5 nitrogen and oxygen atoms in total. The third kappa shape index (κ3) is 3.16. The van der Waals surface area contributed by atoms with Crippen molar-refractivity contribution in [1.82, 2.24) is 9.88 Å². The van der Waals surface area contributed by atoms with Crippen molar-refractivity contribution in [3.8, 4) is 0 Å². The standard InChI is InChI=1S/C13H18ClN3O2/c1-8(18)9-2-4-17(5-3-9)13(19)11-6-10(15)7-16-12(11)14/h6-9,18H,2-5,15H2,1H3. The number of hydrogen-bond donors (Lipinski definition) is 2. The quantitative estimate of drug-likeness (QED) is 0.807. The van der Waals surface area contributed by atoms with Crippen molar-refractivity contribution < 1.29 is 9.90 Å². The maximum Gasteiger partial charge on any atom is 0.257 e. The SMILES string of the molecule is CC(O)C1CCN(C(=O)c2cc(N)cnc2Cl)CC1. The Morgan fingerprint density at radius 1 is 1.58 bits per heavy atom. The first-order valence-electron chi connectivity index (χ1n) is 6.37. The zero-order chi connectivity index (χ0) is 14.0. The van der Waals surface area contributed by atoms with Crippen LogP contribution in [-0.2, 0) is 0 Å². The monoisotopic (exact) mass is 283 g/mol. The first kappa shape index (κ1) is 14.1. The summed E-state index contributed by atoms with van der Waals surface area (Å²) in [5, 5.41) is 9.73. The van der Waals surface area contributed by atoms with Gasteiger partial charge in [0.2, 0.25) is 0 Å². The molecule has 0 aromatic carbocycles. The number of halogens is 1. The van der Waals surface area contributed by atoms with Crippen molar-refractivity contribution in [3.63, 3.8) is 0 Å². The predicted molar refractivity (Wildman–Crippen MR) is 74.0 cm³/mol. The maximum absolute atomic E-state index is 12.3. The Labute approximate surface area is 117 Å². The minimum absolute atomic E-state index is 0.145.